The summed E-state index contributed by atoms with van der Waals surface area (Å²) in [5.41, 5.74) is 5.51. The van der Waals surface area contributed by atoms with E-state index in [2.05, 4.69) is 37.2 Å². The normalized spacial score (nSPS) is 11.3. The maximum Gasteiger partial charge on any atom is 0.412 e. The molecule has 27 heavy (non-hydrogen) atoms. The van der Waals surface area contributed by atoms with E-state index in [1.807, 2.05) is 0 Å². The standard InChI is InChI=1S/C14H9Br2Cl3N2O5S/c1-4(22)26-9-6(15)2-5-7(11(20)23)12(27-10(5)8(9)16)21-13(24)25-3-14(17,18)19/h2H,3H2,1H3,(H2,20,23)(H,21,24). The van der Waals surface area contributed by atoms with Crippen LogP contribution in [-0.4, -0.2) is 28.4 Å². The van der Waals surface area contributed by atoms with Crippen LogP contribution in [0.3, 0.4) is 0 Å². The fourth-order valence-corrected chi connectivity index (χ4v) is 4.78. The number of thiophene rings is 1. The number of anilines is 1. The molecule has 3 N–H and O–H groups in total. The number of esters is 1. The molecule has 146 valence electrons. The van der Waals surface area contributed by atoms with E-state index in [0.717, 1.165) is 11.3 Å². The fourth-order valence-electron chi connectivity index (χ4n) is 1.99. The van der Waals surface area contributed by atoms with Gasteiger partial charge in [0, 0.05) is 12.3 Å². The molecule has 2 amide bonds. The number of carbonyl (C=O) groups excluding carboxylic acids is 3. The number of alkyl halides is 3. The van der Waals surface area contributed by atoms with Gasteiger partial charge in [0.25, 0.3) is 5.91 Å². The van der Waals surface area contributed by atoms with Crippen LogP contribution in [0.25, 0.3) is 10.1 Å². The highest BCUT2D eigenvalue weighted by atomic mass is 79.9. The second-order valence-corrected chi connectivity index (χ2v) is 10.1. The molecule has 0 spiro atoms. The Labute approximate surface area is 188 Å². The average molecular weight is 583 g/mol. The lowest BCUT2D eigenvalue weighted by Gasteiger charge is -2.11. The van der Waals surface area contributed by atoms with Gasteiger partial charge in [-0.2, -0.15) is 0 Å². The molecular formula is C14H9Br2Cl3N2O5S. The van der Waals surface area contributed by atoms with Crippen molar-refractivity contribution in [3.8, 4) is 5.75 Å². The van der Waals surface area contributed by atoms with E-state index in [1.165, 1.54) is 6.92 Å². The largest absolute Gasteiger partial charge is 0.445 e. The molecule has 0 aliphatic rings. The zero-order chi connectivity index (χ0) is 20.5. The number of fused-ring (bicyclic) bond motifs is 1. The SMILES string of the molecule is CC(=O)Oc1c(Br)cc2c(C(N)=O)c(NC(=O)OCC(Cl)(Cl)Cl)sc2c1Br. The van der Waals surface area contributed by atoms with E-state index in [4.69, 9.17) is 50.0 Å². The number of halogens is 5. The minimum atomic E-state index is -1.78. The zero-order valence-electron chi connectivity index (χ0n) is 13.2. The minimum absolute atomic E-state index is 0.0524. The van der Waals surface area contributed by atoms with Gasteiger partial charge in [-0.15, -0.1) is 11.3 Å². The summed E-state index contributed by atoms with van der Waals surface area (Å²) in [5, 5.41) is 2.95. The number of ether oxygens (including phenoxy) is 2. The summed E-state index contributed by atoms with van der Waals surface area (Å²) < 4.78 is 9.48. The number of benzene rings is 1. The second-order valence-electron chi connectivity index (χ2n) is 4.96. The van der Waals surface area contributed by atoms with Crippen molar-refractivity contribution in [3.63, 3.8) is 0 Å². The molecule has 1 aromatic carbocycles. The first-order chi connectivity index (χ1) is 12.4. The van der Waals surface area contributed by atoms with Gasteiger partial charge in [-0.1, -0.05) is 34.8 Å². The predicted molar refractivity (Wildman–Crippen MR) is 112 cm³/mol. The lowest BCUT2D eigenvalue weighted by molar-refractivity contribution is -0.131. The second kappa shape index (κ2) is 8.71. The molecule has 7 nitrogen and oxygen atoms in total. The summed E-state index contributed by atoms with van der Waals surface area (Å²) in [6, 6.07) is 1.55. The summed E-state index contributed by atoms with van der Waals surface area (Å²) in [7, 11) is 0. The highest BCUT2D eigenvalue weighted by Crippen LogP contribution is 2.47. The van der Waals surface area contributed by atoms with Gasteiger partial charge in [0.2, 0.25) is 3.79 Å². The van der Waals surface area contributed by atoms with Gasteiger partial charge < -0.3 is 15.2 Å². The van der Waals surface area contributed by atoms with E-state index in [1.54, 1.807) is 6.07 Å². The van der Waals surface area contributed by atoms with Crippen molar-refractivity contribution in [1.82, 2.24) is 0 Å². The van der Waals surface area contributed by atoms with Crippen LogP contribution in [0.4, 0.5) is 9.80 Å². The van der Waals surface area contributed by atoms with E-state index in [-0.39, 0.29) is 16.3 Å². The molecule has 0 radical (unpaired) electrons. The molecule has 0 saturated heterocycles. The molecule has 0 atom stereocenters. The van der Waals surface area contributed by atoms with E-state index >= 15 is 0 Å². The quantitative estimate of drug-likeness (QED) is 0.286. The first kappa shape index (κ1) is 22.5. The lowest BCUT2D eigenvalue weighted by Crippen LogP contribution is -2.22. The molecule has 0 bridgehead atoms. The number of rotatable bonds is 4. The average Bonchev–Trinajstić information content (AvgIpc) is 2.86. The predicted octanol–water partition coefficient (Wildman–Crippen LogP) is 5.37. The number of carbonyl (C=O) groups is 3. The van der Waals surface area contributed by atoms with Crippen molar-refractivity contribution in [2.75, 3.05) is 11.9 Å². The van der Waals surface area contributed by atoms with Gasteiger partial charge in [0.15, 0.2) is 5.75 Å². The van der Waals surface area contributed by atoms with Crippen LogP contribution in [-0.2, 0) is 9.53 Å². The third-order valence-corrected chi connectivity index (χ3v) is 5.98. The number of nitrogens with two attached hydrogens (primary N) is 1. The van der Waals surface area contributed by atoms with Gasteiger partial charge in [-0.05, 0) is 37.9 Å². The van der Waals surface area contributed by atoms with E-state index in [0.29, 0.717) is 19.0 Å². The van der Waals surface area contributed by atoms with Crippen LogP contribution in [0.2, 0.25) is 0 Å². The topological polar surface area (TPSA) is 108 Å². The highest BCUT2D eigenvalue weighted by Gasteiger charge is 2.26. The third kappa shape index (κ3) is 5.61. The molecule has 0 aliphatic heterocycles. The summed E-state index contributed by atoms with van der Waals surface area (Å²) >= 11 is 24.2. The number of amides is 2. The summed E-state index contributed by atoms with van der Waals surface area (Å²) in [5.74, 6) is -1.09. The maximum atomic E-state index is 11.9. The van der Waals surface area contributed by atoms with Gasteiger partial charge >= 0.3 is 12.1 Å². The molecule has 2 rings (SSSR count). The summed E-state index contributed by atoms with van der Waals surface area (Å²) in [4.78, 5) is 35.2. The Balaban J connectivity index is 2.49. The lowest BCUT2D eigenvalue weighted by atomic mass is 10.1. The molecule has 13 heteroatoms. The molecule has 1 aromatic heterocycles. The Bertz CT molecular complexity index is 945. The van der Waals surface area contributed by atoms with Gasteiger partial charge in [0.1, 0.15) is 11.6 Å². The molecule has 0 unspecified atom stereocenters. The van der Waals surface area contributed by atoms with Crippen molar-refractivity contribution < 1.29 is 23.9 Å². The van der Waals surface area contributed by atoms with Crippen LogP contribution in [0, 0.1) is 0 Å². The van der Waals surface area contributed by atoms with Crippen LogP contribution in [0.5, 0.6) is 5.75 Å². The Kier molecular flexibility index (Phi) is 7.26. The molecular weight excluding hydrogens is 574 g/mol. The van der Waals surface area contributed by atoms with Crippen LogP contribution >= 0.6 is 78.0 Å². The maximum absolute atomic E-state index is 11.9. The van der Waals surface area contributed by atoms with Crippen LogP contribution < -0.4 is 15.8 Å². The van der Waals surface area contributed by atoms with Gasteiger partial charge in [-0.25, -0.2) is 4.79 Å². The van der Waals surface area contributed by atoms with Crippen LogP contribution in [0.15, 0.2) is 15.0 Å². The third-order valence-electron chi connectivity index (χ3n) is 2.91. The Hall–Kier alpha value is -0.780. The van der Waals surface area contributed by atoms with E-state index in [9.17, 15) is 14.4 Å². The van der Waals surface area contributed by atoms with Gasteiger partial charge in [0.05, 0.1) is 19.2 Å². The summed E-state index contributed by atoms with van der Waals surface area (Å²) in [6.45, 7) is 0.756. The smallest absolute Gasteiger partial charge is 0.412 e. The van der Waals surface area contributed by atoms with Crippen molar-refractivity contribution in [1.29, 1.82) is 0 Å². The van der Waals surface area contributed by atoms with Crippen molar-refractivity contribution in [3.05, 3.63) is 20.6 Å². The van der Waals surface area contributed by atoms with Crippen molar-refractivity contribution in [2.24, 2.45) is 5.73 Å². The van der Waals surface area contributed by atoms with E-state index < -0.39 is 28.4 Å². The Morgan fingerprint density at radius 3 is 2.44 bits per heavy atom. The first-order valence-corrected chi connectivity index (χ1v) is 10.4. The zero-order valence-corrected chi connectivity index (χ0v) is 19.5. The molecule has 0 aliphatic carbocycles. The molecule has 0 fully saturated rings. The molecule has 1 heterocycles. The number of primary amides is 1. The molecule has 2 aromatic rings. The monoisotopic (exact) mass is 580 g/mol. The fraction of sp³-hybridized carbons (Fsp3) is 0.214. The van der Waals surface area contributed by atoms with Crippen molar-refractivity contribution >= 4 is 111 Å². The number of nitrogens with one attached hydrogen (secondary N) is 1. The first-order valence-electron chi connectivity index (χ1n) is 6.84. The van der Waals surface area contributed by atoms with Crippen molar-refractivity contribution in [2.45, 2.75) is 10.7 Å². The van der Waals surface area contributed by atoms with Crippen LogP contribution in [0.1, 0.15) is 17.3 Å². The minimum Gasteiger partial charge on any atom is -0.445 e. The Morgan fingerprint density at radius 1 is 1.30 bits per heavy atom. The van der Waals surface area contributed by atoms with Gasteiger partial charge in [-0.3, -0.25) is 14.9 Å². The highest BCUT2D eigenvalue weighted by molar-refractivity contribution is 9.11. The summed E-state index contributed by atoms with van der Waals surface area (Å²) in [6.07, 6.45) is -0.939. The Morgan fingerprint density at radius 2 is 1.93 bits per heavy atom. The number of hydrogen-bond acceptors (Lipinski definition) is 6. The number of hydrogen-bond donors (Lipinski definition) is 2. The molecule has 0 saturated carbocycles.